The Morgan fingerprint density at radius 3 is 1.62 bits per heavy atom. The standard InChI is InChI=1S/C20H19NO2S/c1-16-8-12-19(13-9-16)21(18-6-4-3-5-7-18)24(22,23)20-14-10-17(2)11-15-20/h3-15H,1-2H3. The van der Waals surface area contributed by atoms with Crippen molar-refractivity contribution in [3.8, 4) is 0 Å². The van der Waals surface area contributed by atoms with E-state index >= 15 is 0 Å². The van der Waals surface area contributed by atoms with Crippen LogP contribution in [0.3, 0.4) is 0 Å². The van der Waals surface area contributed by atoms with E-state index in [4.69, 9.17) is 0 Å². The van der Waals surface area contributed by atoms with Gasteiger partial charge in [-0.2, -0.15) is 0 Å². The average molecular weight is 337 g/mol. The lowest BCUT2D eigenvalue weighted by molar-refractivity contribution is 0.596. The number of anilines is 2. The first kappa shape index (κ1) is 16.3. The van der Waals surface area contributed by atoms with Crippen LogP contribution in [-0.2, 0) is 10.0 Å². The van der Waals surface area contributed by atoms with Crippen LogP contribution in [0.4, 0.5) is 11.4 Å². The minimum Gasteiger partial charge on any atom is -0.235 e. The molecule has 0 N–H and O–H groups in total. The third kappa shape index (κ3) is 3.19. The van der Waals surface area contributed by atoms with Crippen molar-refractivity contribution >= 4 is 21.4 Å². The summed E-state index contributed by atoms with van der Waals surface area (Å²) >= 11 is 0. The molecular weight excluding hydrogens is 318 g/mol. The van der Waals surface area contributed by atoms with E-state index < -0.39 is 10.0 Å². The van der Waals surface area contributed by atoms with Gasteiger partial charge in [0, 0.05) is 0 Å². The molecule has 3 aromatic carbocycles. The fourth-order valence-electron chi connectivity index (χ4n) is 2.49. The average Bonchev–Trinajstić information content (AvgIpc) is 2.58. The van der Waals surface area contributed by atoms with Crippen molar-refractivity contribution in [2.45, 2.75) is 18.7 Å². The Bertz CT molecular complexity index is 916. The van der Waals surface area contributed by atoms with Crippen LogP contribution >= 0.6 is 0 Å². The van der Waals surface area contributed by atoms with Crippen LogP contribution in [0.2, 0.25) is 0 Å². The molecule has 0 atom stereocenters. The highest BCUT2D eigenvalue weighted by molar-refractivity contribution is 7.93. The molecule has 0 aromatic heterocycles. The fraction of sp³-hybridized carbons (Fsp3) is 0.100. The molecule has 0 spiro atoms. The lowest BCUT2D eigenvalue weighted by Gasteiger charge is -2.25. The molecule has 0 aliphatic heterocycles. The van der Waals surface area contributed by atoms with Gasteiger partial charge in [-0.25, -0.2) is 12.7 Å². The largest absolute Gasteiger partial charge is 0.268 e. The molecule has 0 radical (unpaired) electrons. The van der Waals surface area contributed by atoms with Crippen LogP contribution in [0.15, 0.2) is 83.8 Å². The maximum Gasteiger partial charge on any atom is 0.268 e. The van der Waals surface area contributed by atoms with Crippen molar-refractivity contribution in [3.63, 3.8) is 0 Å². The minimum absolute atomic E-state index is 0.275. The maximum absolute atomic E-state index is 13.3. The van der Waals surface area contributed by atoms with Gasteiger partial charge in [0.25, 0.3) is 10.0 Å². The molecule has 0 heterocycles. The van der Waals surface area contributed by atoms with Crippen LogP contribution in [0.5, 0.6) is 0 Å². The van der Waals surface area contributed by atoms with Crippen LogP contribution in [0.1, 0.15) is 11.1 Å². The third-order valence-electron chi connectivity index (χ3n) is 3.82. The Morgan fingerprint density at radius 2 is 1.08 bits per heavy atom. The van der Waals surface area contributed by atoms with E-state index in [2.05, 4.69) is 0 Å². The van der Waals surface area contributed by atoms with Crippen LogP contribution < -0.4 is 4.31 Å². The van der Waals surface area contributed by atoms with E-state index in [1.54, 1.807) is 24.3 Å². The molecule has 3 rings (SSSR count). The Kier molecular flexibility index (Phi) is 4.40. The highest BCUT2D eigenvalue weighted by Crippen LogP contribution is 2.32. The SMILES string of the molecule is Cc1ccc(N(c2ccccc2)S(=O)(=O)c2ccc(C)cc2)cc1. The van der Waals surface area contributed by atoms with Gasteiger partial charge >= 0.3 is 0 Å². The van der Waals surface area contributed by atoms with Gasteiger partial charge in [0.1, 0.15) is 0 Å². The highest BCUT2D eigenvalue weighted by atomic mass is 32.2. The normalized spacial score (nSPS) is 11.2. The second kappa shape index (κ2) is 6.49. The number of benzene rings is 3. The number of nitrogens with zero attached hydrogens (tertiary/aromatic N) is 1. The summed E-state index contributed by atoms with van der Waals surface area (Å²) < 4.78 is 27.9. The van der Waals surface area contributed by atoms with Gasteiger partial charge in [-0.15, -0.1) is 0 Å². The molecule has 0 unspecified atom stereocenters. The van der Waals surface area contributed by atoms with Crippen molar-refractivity contribution in [3.05, 3.63) is 90.0 Å². The van der Waals surface area contributed by atoms with Crippen molar-refractivity contribution in [1.29, 1.82) is 0 Å². The Hall–Kier alpha value is -2.59. The summed E-state index contributed by atoms with van der Waals surface area (Å²) in [5.41, 5.74) is 3.34. The van der Waals surface area contributed by atoms with Crippen molar-refractivity contribution in [2.75, 3.05) is 4.31 Å². The van der Waals surface area contributed by atoms with Gasteiger partial charge in [-0.3, -0.25) is 0 Å². The summed E-state index contributed by atoms with van der Waals surface area (Å²) in [6.07, 6.45) is 0. The number of rotatable bonds is 4. The molecule has 3 aromatic rings. The van der Waals surface area contributed by atoms with Gasteiger partial charge in [0.2, 0.25) is 0 Å². The summed E-state index contributed by atoms with van der Waals surface area (Å²) in [6, 6.07) is 23.5. The Morgan fingerprint density at radius 1 is 0.625 bits per heavy atom. The molecule has 4 heteroatoms. The fourth-order valence-corrected chi connectivity index (χ4v) is 3.98. The van der Waals surface area contributed by atoms with Crippen LogP contribution in [0.25, 0.3) is 0 Å². The van der Waals surface area contributed by atoms with Gasteiger partial charge in [0.15, 0.2) is 0 Å². The summed E-state index contributed by atoms with van der Waals surface area (Å²) in [5.74, 6) is 0. The minimum atomic E-state index is -3.70. The first-order chi connectivity index (χ1) is 11.5. The Labute approximate surface area is 143 Å². The topological polar surface area (TPSA) is 37.4 Å². The molecule has 0 bridgehead atoms. The van der Waals surface area contributed by atoms with E-state index in [-0.39, 0.29) is 4.90 Å². The van der Waals surface area contributed by atoms with Crippen molar-refractivity contribution < 1.29 is 8.42 Å². The molecule has 0 fully saturated rings. The van der Waals surface area contributed by atoms with E-state index in [0.717, 1.165) is 11.1 Å². The first-order valence-electron chi connectivity index (χ1n) is 7.72. The maximum atomic E-state index is 13.3. The van der Waals surface area contributed by atoms with Crippen molar-refractivity contribution in [1.82, 2.24) is 0 Å². The zero-order valence-corrected chi connectivity index (χ0v) is 14.5. The van der Waals surface area contributed by atoms with Crippen LogP contribution in [0, 0.1) is 13.8 Å². The molecular formula is C20H19NO2S. The molecule has 0 saturated heterocycles. The molecule has 122 valence electrons. The molecule has 0 aliphatic rings. The number of hydrogen-bond donors (Lipinski definition) is 0. The highest BCUT2D eigenvalue weighted by Gasteiger charge is 2.26. The summed E-state index contributed by atoms with van der Waals surface area (Å²) in [5, 5.41) is 0. The Balaban J connectivity index is 2.17. The van der Waals surface area contributed by atoms with Gasteiger partial charge in [0.05, 0.1) is 16.3 Å². The zero-order chi connectivity index (χ0) is 17.2. The second-order valence-electron chi connectivity index (χ2n) is 5.75. The molecule has 0 amide bonds. The van der Waals surface area contributed by atoms with E-state index in [9.17, 15) is 8.42 Å². The second-order valence-corrected chi connectivity index (χ2v) is 7.54. The lowest BCUT2D eigenvalue weighted by Crippen LogP contribution is -2.26. The predicted molar refractivity (Wildman–Crippen MR) is 98.1 cm³/mol. The molecule has 0 saturated carbocycles. The van der Waals surface area contributed by atoms with Gasteiger partial charge in [-0.05, 0) is 50.2 Å². The number of sulfonamides is 1. The van der Waals surface area contributed by atoms with E-state index in [1.165, 1.54) is 4.31 Å². The van der Waals surface area contributed by atoms with Crippen molar-refractivity contribution in [2.24, 2.45) is 0 Å². The summed E-state index contributed by atoms with van der Waals surface area (Å²) in [4.78, 5) is 0.275. The monoisotopic (exact) mass is 337 g/mol. The summed E-state index contributed by atoms with van der Waals surface area (Å²) in [6.45, 7) is 3.91. The quantitative estimate of drug-likeness (QED) is 0.684. The van der Waals surface area contributed by atoms with Crippen LogP contribution in [-0.4, -0.2) is 8.42 Å². The predicted octanol–water partition coefficient (Wildman–Crippen LogP) is 4.83. The molecule has 3 nitrogen and oxygen atoms in total. The molecule has 0 aliphatic carbocycles. The summed E-state index contributed by atoms with van der Waals surface area (Å²) in [7, 11) is -3.70. The smallest absolute Gasteiger partial charge is 0.235 e. The van der Waals surface area contributed by atoms with E-state index in [0.29, 0.717) is 11.4 Å². The molecule has 24 heavy (non-hydrogen) atoms. The zero-order valence-electron chi connectivity index (χ0n) is 13.7. The first-order valence-corrected chi connectivity index (χ1v) is 9.16. The number of aryl methyl sites for hydroxylation is 2. The van der Waals surface area contributed by atoms with Gasteiger partial charge < -0.3 is 0 Å². The number of para-hydroxylation sites is 1. The number of hydrogen-bond acceptors (Lipinski definition) is 2. The third-order valence-corrected chi connectivity index (χ3v) is 5.59. The van der Waals surface area contributed by atoms with E-state index in [1.807, 2.05) is 68.4 Å². The van der Waals surface area contributed by atoms with Gasteiger partial charge in [-0.1, -0.05) is 53.6 Å². The lowest BCUT2D eigenvalue weighted by atomic mass is 10.2.